The van der Waals surface area contributed by atoms with Crippen molar-refractivity contribution < 1.29 is 9.53 Å². The molecule has 0 saturated carbocycles. The zero-order valence-corrected chi connectivity index (χ0v) is 16.6. The average Bonchev–Trinajstić information content (AvgIpc) is 2.78. The molecule has 4 heteroatoms. The first-order chi connectivity index (χ1) is 10.6. The quantitative estimate of drug-likeness (QED) is 0.729. The molecule has 0 heterocycles. The molecule has 1 aromatic carbocycles. The Morgan fingerprint density at radius 3 is 2.22 bits per heavy atom. The highest BCUT2D eigenvalue weighted by Crippen LogP contribution is 2.46. The van der Waals surface area contributed by atoms with Crippen molar-refractivity contribution in [3.63, 3.8) is 0 Å². The van der Waals surface area contributed by atoms with E-state index in [1.807, 2.05) is 32.6 Å². The maximum atomic E-state index is 13.0. The molecule has 0 saturated heterocycles. The van der Waals surface area contributed by atoms with Gasteiger partial charge in [-0.15, -0.1) is 0 Å². The maximum absolute atomic E-state index is 13.0. The number of rotatable bonds is 4. The third-order valence-electron chi connectivity index (χ3n) is 5.00. The summed E-state index contributed by atoms with van der Waals surface area (Å²) in [5.41, 5.74) is 2.57. The van der Waals surface area contributed by atoms with E-state index in [1.54, 1.807) is 0 Å². The fraction of sp³-hybridized carbons (Fsp3) is 0.632. The predicted octanol–water partition coefficient (Wildman–Crippen LogP) is 4.96. The van der Waals surface area contributed by atoms with Crippen molar-refractivity contribution in [3.8, 4) is 0 Å². The van der Waals surface area contributed by atoms with Crippen LogP contribution >= 0.6 is 0 Å². The fourth-order valence-corrected chi connectivity index (χ4v) is 6.16. The molecule has 1 aliphatic rings. The van der Waals surface area contributed by atoms with Crippen molar-refractivity contribution in [2.45, 2.75) is 77.5 Å². The van der Waals surface area contributed by atoms with Gasteiger partial charge >= 0.3 is 6.09 Å². The normalized spacial score (nSPS) is 20.7. The Morgan fingerprint density at radius 1 is 1.13 bits per heavy atom. The molecule has 0 bridgehead atoms. The van der Waals surface area contributed by atoms with Gasteiger partial charge in [-0.05, 0) is 51.7 Å². The van der Waals surface area contributed by atoms with Crippen LogP contribution in [0, 0.1) is 0 Å². The van der Waals surface area contributed by atoms with E-state index >= 15 is 0 Å². The highest BCUT2D eigenvalue weighted by atomic mass is 28.3. The monoisotopic (exact) mass is 333 g/mol. The van der Waals surface area contributed by atoms with E-state index in [4.69, 9.17) is 4.74 Å². The van der Waals surface area contributed by atoms with Crippen molar-refractivity contribution in [1.29, 1.82) is 0 Å². The minimum atomic E-state index is -1.77. The lowest BCUT2D eigenvalue weighted by Gasteiger charge is -2.43. The molecular weight excluding hydrogens is 302 g/mol. The average molecular weight is 334 g/mol. The minimum Gasteiger partial charge on any atom is -0.442 e. The van der Waals surface area contributed by atoms with E-state index in [0.29, 0.717) is 0 Å². The summed E-state index contributed by atoms with van der Waals surface area (Å²) in [5, 5.41) is -0.414. The summed E-state index contributed by atoms with van der Waals surface area (Å²) in [6.07, 6.45) is 1.74. The first-order valence-electron chi connectivity index (χ1n) is 8.70. The van der Waals surface area contributed by atoms with Gasteiger partial charge in [-0.3, -0.25) is 0 Å². The molecule has 0 fully saturated rings. The molecule has 23 heavy (non-hydrogen) atoms. The first-order valence-corrected chi connectivity index (χ1v) is 12.2. The van der Waals surface area contributed by atoms with Crippen molar-refractivity contribution in [2.24, 2.45) is 0 Å². The largest absolute Gasteiger partial charge is 0.442 e. The lowest BCUT2D eigenvalue weighted by atomic mass is 10.1. The van der Waals surface area contributed by atoms with Crippen LogP contribution in [0.2, 0.25) is 19.6 Å². The molecule has 0 spiro atoms. The van der Waals surface area contributed by atoms with Gasteiger partial charge < -0.3 is 9.64 Å². The SMILES string of the molecule is CC(C)N(C(=O)O[C@]1([Si](C)(C)C)CCc2ccccc21)C(C)C. The van der Waals surface area contributed by atoms with Crippen molar-refractivity contribution in [3.05, 3.63) is 35.4 Å². The zero-order valence-electron chi connectivity index (χ0n) is 15.6. The van der Waals surface area contributed by atoms with Crippen LogP contribution in [0.5, 0.6) is 0 Å². The van der Waals surface area contributed by atoms with E-state index in [0.717, 1.165) is 12.8 Å². The van der Waals surface area contributed by atoms with Gasteiger partial charge in [-0.1, -0.05) is 43.9 Å². The number of carbonyl (C=O) groups excluding carboxylic acids is 1. The summed E-state index contributed by atoms with van der Waals surface area (Å²) >= 11 is 0. The van der Waals surface area contributed by atoms with Crippen LogP contribution in [0.15, 0.2) is 24.3 Å². The van der Waals surface area contributed by atoms with Crippen LogP contribution in [-0.2, 0) is 16.4 Å². The Labute approximate surface area is 142 Å². The second-order valence-corrected chi connectivity index (χ2v) is 13.5. The molecule has 0 N–H and O–H groups in total. The number of aryl methyl sites for hydroxylation is 1. The molecule has 1 aliphatic carbocycles. The Balaban J connectivity index is 2.42. The maximum Gasteiger partial charge on any atom is 0.410 e. The summed E-state index contributed by atoms with van der Waals surface area (Å²) in [4.78, 5) is 14.8. The summed E-state index contributed by atoms with van der Waals surface area (Å²) in [6.45, 7) is 15.1. The second-order valence-electron chi connectivity index (χ2n) is 8.20. The van der Waals surface area contributed by atoms with Crippen LogP contribution in [0.1, 0.15) is 45.2 Å². The molecule has 1 atom stereocenters. The molecule has 0 aliphatic heterocycles. The third kappa shape index (κ3) is 3.18. The van der Waals surface area contributed by atoms with Crippen molar-refractivity contribution >= 4 is 14.2 Å². The smallest absolute Gasteiger partial charge is 0.410 e. The summed E-state index contributed by atoms with van der Waals surface area (Å²) in [7, 11) is -1.77. The summed E-state index contributed by atoms with van der Waals surface area (Å²) < 4.78 is 6.32. The Hall–Kier alpha value is -1.29. The van der Waals surface area contributed by atoms with Gasteiger partial charge in [0.2, 0.25) is 0 Å². The standard InChI is InChI=1S/C19H31NO2Si/c1-14(2)20(15(3)4)18(21)22-19(23(5,6)7)13-12-16-10-8-9-11-17(16)19/h8-11,14-15H,12-13H2,1-7H3/t19-/m0/s1. The molecule has 1 amide bonds. The number of carbonyl (C=O) groups is 1. The first kappa shape index (κ1) is 18.1. The number of hydrogen-bond acceptors (Lipinski definition) is 2. The van der Waals surface area contributed by atoms with Crippen molar-refractivity contribution in [2.75, 3.05) is 0 Å². The highest BCUT2D eigenvalue weighted by Gasteiger charge is 2.52. The lowest BCUT2D eigenvalue weighted by Crippen LogP contribution is -2.54. The van der Waals surface area contributed by atoms with Crippen LogP contribution in [0.25, 0.3) is 0 Å². The number of hydrogen-bond donors (Lipinski definition) is 0. The van der Waals surface area contributed by atoms with Gasteiger partial charge in [0.15, 0.2) is 0 Å². The van der Waals surface area contributed by atoms with E-state index in [2.05, 4.69) is 43.9 Å². The second kappa shape index (κ2) is 6.31. The predicted molar refractivity (Wildman–Crippen MR) is 98.4 cm³/mol. The number of fused-ring (bicyclic) bond motifs is 1. The number of benzene rings is 1. The van der Waals surface area contributed by atoms with Gasteiger partial charge in [-0.2, -0.15) is 0 Å². The topological polar surface area (TPSA) is 29.5 Å². The molecular formula is C19H31NO2Si. The van der Waals surface area contributed by atoms with Gasteiger partial charge in [0.25, 0.3) is 0 Å². The third-order valence-corrected chi connectivity index (χ3v) is 8.04. The van der Waals surface area contributed by atoms with E-state index in [9.17, 15) is 4.79 Å². The number of amides is 1. The van der Waals surface area contributed by atoms with E-state index < -0.39 is 13.3 Å². The van der Waals surface area contributed by atoms with E-state index in [1.165, 1.54) is 11.1 Å². The van der Waals surface area contributed by atoms with Crippen LogP contribution in [-0.4, -0.2) is 31.2 Å². The molecule has 128 valence electrons. The number of ether oxygens (including phenoxy) is 1. The zero-order chi connectivity index (χ0) is 17.4. The van der Waals surface area contributed by atoms with Gasteiger partial charge in [-0.25, -0.2) is 4.79 Å². The Kier molecular flexibility index (Phi) is 4.95. The van der Waals surface area contributed by atoms with E-state index in [-0.39, 0.29) is 18.2 Å². The van der Waals surface area contributed by atoms with Crippen molar-refractivity contribution in [1.82, 2.24) is 4.90 Å². The summed E-state index contributed by atoms with van der Waals surface area (Å²) in [5.74, 6) is 0. The summed E-state index contributed by atoms with van der Waals surface area (Å²) in [6, 6.07) is 8.75. The Morgan fingerprint density at radius 2 is 1.70 bits per heavy atom. The molecule has 0 radical (unpaired) electrons. The molecule has 0 aromatic heterocycles. The van der Waals surface area contributed by atoms with Gasteiger partial charge in [0.1, 0.15) is 13.3 Å². The van der Waals surface area contributed by atoms with Crippen LogP contribution in [0.3, 0.4) is 0 Å². The van der Waals surface area contributed by atoms with Crippen LogP contribution in [0.4, 0.5) is 4.79 Å². The lowest BCUT2D eigenvalue weighted by molar-refractivity contribution is 0.0187. The fourth-order valence-electron chi connectivity index (χ4n) is 3.84. The highest BCUT2D eigenvalue weighted by molar-refractivity contribution is 6.78. The molecule has 0 unspecified atom stereocenters. The van der Waals surface area contributed by atoms with Crippen LogP contribution < -0.4 is 0 Å². The minimum absolute atomic E-state index is 0.137. The Bertz CT molecular complexity index is 569. The molecule has 3 nitrogen and oxygen atoms in total. The molecule has 1 aromatic rings. The van der Waals surface area contributed by atoms with Gasteiger partial charge in [0, 0.05) is 12.1 Å². The number of nitrogens with zero attached hydrogens (tertiary/aromatic N) is 1. The molecule has 2 rings (SSSR count). The van der Waals surface area contributed by atoms with Gasteiger partial charge in [0.05, 0.1) is 0 Å².